The van der Waals surface area contributed by atoms with Crippen molar-refractivity contribution >= 4 is 0 Å². The Bertz CT molecular complexity index is 260. The molecule has 0 aliphatic rings. The first-order valence-corrected chi connectivity index (χ1v) is 4.85. The van der Waals surface area contributed by atoms with E-state index < -0.39 is 0 Å². The predicted octanol–water partition coefficient (Wildman–Crippen LogP) is 2.61. The standard InChI is InChI=1S/C11H17NO/c1-3-4-8-11(13)10-7-5-6-9(2)12-10/h5-7,11,13H,3-4,8H2,1-2H3. The summed E-state index contributed by atoms with van der Waals surface area (Å²) >= 11 is 0. The van der Waals surface area contributed by atoms with Gasteiger partial charge in [-0.15, -0.1) is 0 Å². The quantitative estimate of drug-likeness (QED) is 0.770. The van der Waals surface area contributed by atoms with Crippen LogP contribution in [0.25, 0.3) is 0 Å². The molecule has 0 radical (unpaired) electrons. The van der Waals surface area contributed by atoms with E-state index in [9.17, 15) is 5.11 Å². The van der Waals surface area contributed by atoms with Gasteiger partial charge >= 0.3 is 0 Å². The predicted molar refractivity (Wildman–Crippen MR) is 53.5 cm³/mol. The van der Waals surface area contributed by atoms with E-state index in [0.717, 1.165) is 30.7 Å². The Morgan fingerprint density at radius 3 is 2.85 bits per heavy atom. The van der Waals surface area contributed by atoms with E-state index in [4.69, 9.17) is 0 Å². The van der Waals surface area contributed by atoms with Crippen molar-refractivity contribution in [1.29, 1.82) is 0 Å². The van der Waals surface area contributed by atoms with Crippen molar-refractivity contribution in [1.82, 2.24) is 4.98 Å². The molecule has 0 aliphatic heterocycles. The molecule has 1 N–H and O–H groups in total. The maximum absolute atomic E-state index is 9.71. The average Bonchev–Trinajstić information content (AvgIpc) is 2.14. The van der Waals surface area contributed by atoms with Crippen LogP contribution in [-0.4, -0.2) is 10.1 Å². The van der Waals surface area contributed by atoms with E-state index in [0.29, 0.717) is 0 Å². The van der Waals surface area contributed by atoms with Crippen LogP contribution in [0.3, 0.4) is 0 Å². The molecular formula is C11H17NO. The molecule has 0 saturated heterocycles. The fourth-order valence-corrected chi connectivity index (χ4v) is 1.30. The molecular weight excluding hydrogens is 162 g/mol. The van der Waals surface area contributed by atoms with Gasteiger partial charge in [-0.25, -0.2) is 0 Å². The largest absolute Gasteiger partial charge is 0.387 e. The van der Waals surface area contributed by atoms with Gasteiger partial charge in [-0.1, -0.05) is 25.8 Å². The molecule has 2 nitrogen and oxygen atoms in total. The zero-order chi connectivity index (χ0) is 9.68. The van der Waals surface area contributed by atoms with Gasteiger partial charge in [0.05, 0.1) is 11.8 Å². The molecule has 2 heteroatoms. The third kappa shape index (κ3) is 3.15. The van der Waals surface area contributed by atoms with Crippen molar-refractivity contribution in [3.05, 3.63) is 29.6 Å². The first-order valence-electron chi connectivity index (χ1n) is 4.85. The van der Waals surface area contributed by atoms with Crippen LogP contribution in [0.5, 0.6) is 0 Å². The van der Waals surface area contributed by atoms with Crippen LogP contribution in [0.1, 0.15) is 43.7 Å². The summed E-state index contributed by atoms with van der Waals surface area (Å²) in [4.78, 5) is 4.28. The number of hydrogen-bond acceptors (Lipinski definition) is 2. The number of hydrogen-bond donors (Lipinski definition) is 1. The normalized spacial score (nSPS) is 12.8. The van der Waals surface area contributed by atoms with Gasteiger partial charge in [0.1, 0.15) is 0 Å². The van der Waals surface area contributed by atoms with Crippen LogP contribution >= 0.6 is 0 Å². The maximum Gasteiger partial charge on any atom is 0.0959 e. The minimum Gasteiger partial charge on any atom is -0.387 e. The summed E-state index contributed by atoms with van der Waals surface area (Å²) in [6.07, 6.45) is 2.59. The van der Waals surface area contributed by atoms with Crippen molar-refractivity contribution in [2.24, 2.45) is 0 Å². The molecule has 0 fully saturated rings. The maximum atomic E-state index is 9.71. The third-order valence-corrected chi connectivity index (χ3v) is 2.08. The fourth-order valence-electron chi connectivity index (χ4n) is 1.30. The molecule has 0 aromatic carbocycles. The summed E-state index contributed by atoms with van der Waals surface area (Å²) in [7, 11) is 0. The Kier molecular flexibility index (Phi) is 3.90. The number of aliphatic hydroxyl groups excluding tert-OH is 1. The van der Waals surface area contributed by atoms with Gasteiger partial charge in [-0.2, -0.15) is 0 Å². The summed E-state index contributed by atoms with van der Waals surface area (Å²) in [5, 5.41) is 9.71. The van der Waals surface area contributed by atoms with E-state index in [1.54, 1.807) is 0 Å². The number of unbranched alkanes of at least 4 members (excludes halogenated alkanes) is 1. The van der Waals surface area contributed by atoms with E-state index in [1.165, 1.54) is 0 Å². The van der Waals surface area contributed by atoms with Gasteiger partial charge in [0, 0.05) is 5.69 Å². The number of rotatable bonds is 4. The van der Waals surface area contributed by atoms with Crippen LogP contribution in [0.15, 0.2) is 18.2 Å². The van der Waals surface area contributed by atoms with Crippen molar-refractivity contribution in [3.63, 3.8) is 0 Å². The topological polar surface area (TPSA) is 33.1 Å². The molecule has 0 saturated carbocycles. The lowest BCUT2D eigenvalue weighted by atomic mass is 10.1. The monoisotopic (exact) mass is 179 g/mol. The molecule has 1 rings (SSSR count). The lowest BCUT2D eigenvalue weighted by Gasteiger charge is -2.09. The Labute approximate surface area is 79.6 Å². The smallest absolute Gasteiger partial charge is 0.0959 e. The zero-order valence-electron chi connectivity index (χ0n) is 8.33. The van der Waals surface area contributed by atoms with Gasteiger partial charge in [0.2, 0.25) is 0 Å². The van der Waals surface area contributed by atoms with Crippen LogP contribution in [0.4, 0.5) is 0 Å². The molecule has 1 aromatic heterocycles. The highest BCUT2D eigenvalue weighted by Crippen LogP contribution is 2.16. The zero-order valence-corrected chi connectivity index (χ0v) is 8.33. The summed E-state index contributed by atoms with van der Waals surface area (Å²) < 4.78 is 0. The highest BCUT2D eigenvalue weighted by atomic mass is 16.3. The molecule has 0 amide bonds. The van der Waals surface area contributed by atoms with Gasteiger partial charge in [-0.05, 0) is 25.5 Å². The Morgan fingerprint density at radius 1 is 1.46 bits per heavy atom. The van der Waals surface area contributed by atoms with Crippen molar-refractivity contribution in [2.45, 2.75) is 39.2 Å². The first-order chi connectivity index (χ1) is 6.24. The summed E-state index contributed by atoms with van der Waals surface area (Å²) in [6, 6.07) is 5.76. The van der Waals surface area contributed by atoms with Gasteiger partial charge in [0.15, 0.2) is 0 Å². The van der Waals surface area contributed by atoms with E-state index in [1.807, 2.05) is 25.1 Å². The van der Waals surface area contributed by atoms with Crippen molar-refractivity contribution < 1.29 is 5.11 Å². The average molecular weight is 179 g/mol. The second-order valence-corrected chi connectivity index (χ2v) is 3.36. The van der Waals surface area contributed by atoms with Gasteiger partial charge in [0.25, 0.3) is 0 Å². The number of aromatic nitrogens is 1. The van der Waals surface area contributed by atoms with E-state index >= 15 is 0 Å². The molecule has 0 spiro atoms. The number of pyridine rings is 1. The lowest BCUT2D eigenvalue weighted by molar-refractivity contribution is 0.159. The Balaban J connectivity index is 2.60. The number of aliphatic hydroxyl groups is 1. The fraction of sp³-hybridized carbons (Fsp3) is 0.545. The minimum atomic E-state index is -0.389. The van der Waals surface area contributed by atoms with E-state index in [2.05, 4.69) is 11.9 Å². The van der Waals surface area contributed by atoms with Crippen molar-refractivity contribution in [2.75, 3.05) is 0 Å². The lowest BCUT2D eigenvalue weighted by Crippen LogP contribution is -2.00. The first kappa shape index (κ1) is 10.2. The van der Waals surface area contributed by atoms with Crippen LogP contribution in [0.2, 0.25) is 0 Å². The van der Waals surface area contributed by atoms with Crippen LogP contribution < -0.4 is 0 Å². The molecule has 0 aliphatic carbocycles. The second-order valence-electron chi connectivity index (χ2n) is 3.36. The summed E-state index contributed by atoms with van der Waals surface area (Å²) in [6.45, 7) is 4.06. The van der Waals surface area contributed by atoms with E-state index in [-0.39, 0.29) is 6.10 Å². The number of nitrogens with zero attached hydrogens (tertiary/aromatic N) is 1. The molecule has 1 atom stereocenters. The summed E-state index contributed by atoms with van der Waals surface area (Å²) in [5.74, 6) is 0. The highest BCUT2D eigenvalue weighted by molar-refractivity contribution is 5.11. The van der Waals surface area contributed by atoms with Crippen molar-refractivity contribution in [3.8, 4) is 0 Å². The van der Waals surface area contributed by atoms with Gasteiger partial charge < -0.3 is 5.11 Å². The van der Waals surface area contributed by atoms with Crippen LogP contribution in [-0.2, 0) is 0 Å². The summed E-state index contributed by atoms with van der Waals surface area (Å²) in [5.41, 5.74) is 1.77. The molecule has 1 aromatic rings. The molecule has 13 heavy (non-hydrogen) atoms. The Morgan fingerprint density at radius 2 is 2.23 bits per heavy atom. The third-order valence-electron chi connectivity index (χ3n) is 2.08. The minimum absolute atomic E-state index is 0.389. The van der Waals surface area contributed by atoms with Crippen LogP contribution in [0, 0.1) is 6.92 Å². The molecule has 1 heterocycles. The molecule has 0 bridgehead atoms. The molecule has 1 unspecified atom stereocenters. The second kappa shape index (κ2) is 4.97. The van der Waals surface area contributed by atoms with Gasteiger partial charge in [-0.3, -0.25) is 4.98 Å². The highest BCUT2D eigenvalue weighted by Gasteiger charge is 2.07. The number of aryl methyl sites for hydroxylation is 1. The molecule has 72 valence electrons. The Hall–Kier alpha value is -0.890. The SMILES string of the molecule is CCCCC(O)c1cccc(C)n1.